The predicted octanol–water partition coefficient (Wildman–Crippen LogP) is 2.50. The molecule has 2 aromatic rings. The van der Waals surface area contributed by atoms with Crippen molar-refractivity contribution in [2.75, 3.05) is 0 Å². The Hall–Kier alpha value is -2.51. The number of rotatable bonds is 5. The van der Waals surface area contributed by atoms with Crippen LogP contribution in [0.25, 0.3) is 0 Å². The summed E-state index contributed by atoms with van der Waals surface area (Å²) < 4.78 is 0. The molecular weight excluding hydrogens is 298 g/mol. The van der Waals surface area contributed by atoms with E-state index in [0.717, 1.165) is 17.8 Å². The van der Waals surface area contributed by atoms with Crippen molar-refractivity contribution in [2.24, 2.45) is 0 Å². The van der Waals surface area contributed by atoms with Crippen molar-refractivity contribution in [3.63, 3.8) is 0 Å². The Morgan fingerprint density at radius 3 is 2.76 bits per heavy atom. The predicted molar refractivity (Wildman–Crippen MR) is 74.6 cm³/mol. The second-order valence-electron chi connectivity index (χ2n) is 3.99. The summed E-state index contributed by atoms with van der Waals surface area (Å²) in [5, 5.41) is 10.5. The van der Waals surface area contributed by atoms with Crippen molar-refractivity contribution < 1.29 is 14.6 Å². The molecule has 7 nitrogen and oxygen atoms in total. The molecule has 0 saturated carbocycles. The van der Waals surface area contributed by atoms with Crippen LogP contribution in [0.4, 0.5) is 5.69 Å². The number of carbonyl (C=O) groups excluding carboxylic acids is 1. The lowest BCUT2D eigenvalue weighted by molar-refractivity contribution is -0.385. The van der Waals surface area contributed by atoms with Crippen molar-refractivity contribution >= 4 is 23.2 Å². The minimum atomic E-state index is -0.702. The number of halogens is 1. The molecule has 0 spiro atoms. The van der Waals surface area contributed by atoms with Crippen LogP contribution in [0.1, 0.15) is 15.9 Å². The highest BCUT2D eigenvalue weighted by molar-refractivity contribution is 6.32. The van der Waals surface area contributed by atoms with Crippen molar-refractivity contribution in [1.29, 1.82) is 0 Å². The summed E-state index contributed by atoms with van der Waals surface area (Å²) in [7, 11) is 0. The molecule has 0 aliphatic heterocycles. The lowest BCUT2D eigenvalue weighted by Crippen LogP contribution is -2.24. The third-order valence-electron chi connectivity index (χ3n) is 2.53. The zero-order valence-corrected chi connectivity index (χ0v) is 11.4. The highest BCUT2D eigenvalue weighted by Gasteiger charge is 2.17. The van der Waals surface area contributed by atoms with E-state index < -0.39 is 10.8 Å². The third kappa shape index (κ3) is 3.98. The maximum Gasteiger partial charge on any atom is 0.288 e. The average Bonchev–Trinajstić information content (AvgIpc) is 2.48. The SMILES string of the molecule is O=C(NOCc1ccccc1)c1cc([N+](=O)[O-])cnc1Cl. The van der Waals surface area contributed by atoms with Gasteiger partial charge in [-0.3, -0.25) is 19.7 Å². The number of nitro groups is 1. The Morgan fingerprint density at radius 2 is 2.10 bits per heavy atom. The Balaban J connectivity index is 2.00. The van der Waals surface area contributed by atoms with Crippen LogP contribution in [0.15, 0.2) is 42.6 Å². The van der Waals surface area contributed by atoms with Crippen molar-refractivity contribution in [2.45, 2.75) is 6.61 Å². The number of pyridine rings is 1. The maximum atomic E-state index is 11.8. The number of aromatic nitrogens is 1. The molecule has 0 unspecified atom stereocenters. The van der Waals surface area contributed by atoms with Crippen LogP contribution in [0.3, 0.4) is 0 Å². The fraction of sp³-hybridized carbons (Fsp3) is 0.0769. The van der Waals surface area contributed by atoms with E-state index in [1.807, 2.05) is 30.3 Å². The number of nitrogens with zero attached hydrogens (tertiary/aromatic N) is 2. The lowest BCUT2D eigenvalue weighted by Gasteiger charge is -2.06. The normalized spacial score (nSPS) is 10.1. The first-order chi connectivity index (χ1) is 10.1. The van der Waals surface area contributed by atoms with Gasteiger partial charge in [-0.15, -0.1) is 0 Å². The number of hydroxylamine groups is 1. The lowest BCUT2D eigenvalue weighted by atomic mass is 10.2. The fourth-order valence-corrected chi connectivity index (χ4v) is 1.70. The Kier molecular flexibility index (Phi) is 4.81. The van der Waals surface area contributed by atoms with Crippen LogP contribution in [-0.4, -0.2) is 15.8 Å². The second kappa shape index (κ2) is 6.78. The number of nitrogens with one attached hydrogen (secondary N) is 1. The summed E-state index contributed by atoms with van der Waals surface area (Å²) in [5.41, 5.74) is 2.58. The molecule has 1 heterocycles. The van der Waals surface area contributed by atoms with Gasteiger partial charge in [0, 0.05) is 6.07 Å². The summed E-state index contributed by atoms with van der Waals surface area (Å²) in [4.78, 5) is 30.5. The fourth-order valence-electron chi connectivity index (χ4n) is 1.51. The van der Waals surface area contributed by atoms with Crippen LogP contribution in [0.2, 0.25) is 5.15 Å². The number of hydrogen-bond donors (Lipinski definition) is 1. The average molecular weight is 308 g/mol. The third-order valence-corrected chi connectivity index (χ3v) is 2.83. The largest absolute Gasteiger partial charge is 0.288 e. The second-order valence-corrected chi connectivity index (χ2v) is 4.35. The van der Waals surface area contributed by atoms with Gasteiger partial charge in [-0.2, -0.15) is 0 Å². The monoisotopic (exact) mass is 307 g/mol. The topological polar surface area (TPSA) is 94.4 Å². The van der Waals surface area contributed by atoms with Gasteiger partial charge in [-0.25, -0.2) is 10.5 Å². The highest BCUT2D eigenvalue weighted by Crippen LogP contribution is 2.18. The molecule has 1 amide bonds. The van der Waals surface area contributed by atoms with Crippen LogP contribution in [-0.2, 0) is 11.4 Å². The summed E-state index contributed by atoms with van der Waals surface area (Å²) in [6.45, 7) is 0.159. The van der Waals surface area contributed by atoms with E-state index in [4.69, 9.17) is 16.4 Å². The number of hydrogen-bond acceptors (Lipinski definition) is 5. The minimum absolute atomic E-state index is 0.126. The quantitative estimate of drug-likeness (QED) is 0.520. The summed E-state index contributed by atoms with van der Waals surface area (Å²) in [5.74, 6) is -0.702. The number of benzene rings is 1. The van der Waals surface area contributed by atoms with Crippen LogP contribution in [0, 0.1) is 10.1 Å². The maximum absolute atomic E-state index is 11.8. The molecule has 0 radical (unpaired) electrons. The molecule has 0 bridgehead atoms. The van der Waals surface area contributed by atoms with E-state index in [2.05, 4.69) is 10.5 Å². The standard InChI is InChI=1S/C13H10ClN3O4/c14-12-11(6-10(7-15-12)17(19)20)13(18)16-21-8-9-4-2-1-3-5-9/h1-7H,8H2,(H,16,18). The molecule has 21 heavy (non-hydrogen) atoms. The molecular formula is C13H10ClN3O4. The number of carbonyl (C=O) groups is 1. The van der Waals surface area contributed by atoms with Gasteiger partial charge in [0.05, 0.1) is 17.1 Å². The van der Waals surface area contributed by atoms with E-state index in [9.17, 15) is 14.9 Å². The Morgan fingerprint density at radius 1 is 1.38 bits per heavy atom. The first kappa shape index (κ1) is 14.9. The molecule has 8 heteroatoms. The molecule has 1 aromatic heterocycles. The smallest absolute Gasteiger partial charge is 0.269 e. The molecule has 0 atom stereocenters. The summed E-state index contributed by atoms with van der Waals surface area (Å²) in [6, 6.07) is 10.2. The minimum Gasteiger partial charge on any atom is -0.269 e. The Bertz CT molecular complexity index is 664. The van der Waals surface area contributed by atoms with E-state index in [0.29, 0.717) is 0 Å². The molecule has 1 aromatic carbocycles. The van der Waals surface area contributed by atoms with Crippen molar-refractivity contribution in [3.8, 4) is 0 Å². The first-order valence-corrected chi connectivity index (χ1v) is 6.21. The summed E-state index contributed by atoms with van der Waals surface area (Å²) in [6.07, 6.45) is 0.976. The molecule has 1 N–H and O–H groups in total. The van der Waals surface area contributed by atoms with E-state index in [1.165, 1.54) is 0 Å². The first-order valence-electron chi connectivity index (χ1n) is 5.84. The van der Waals surface area contributed by atoms with Gasteiger partial charge in [0.25, 0.3) is 11.6 Å². The van der Waals surface area contributed by atoms with Crippen molar-refractivity contribution in [1.82, 2.24) is 10.5 Å². The van der Waals surface area contributed by atoms with Gasteiger partial charge in [0.2, 0.25) is 0 Å². The van der Waals surface area contributed by atoms with Gasteiger partial charge in [0.15, 0.2) is 0 Å². The van der Waals surface area contributed by atoms with Crippen LogP contribution in [0.5, 0.6) is 0 Å². The van der Waals surface area contributed by atoms with E-state index in [-0.39, 0.29) is 23.0 Å². The van der Waals surface area contributed by atoms with Gasteiger partial charge >= 0.3 is 0 Å². The molecule has 108 valence electrons. The van der Waals surface area contributed by atoms with Gasteiger partial charge in [0.1, 0.15) is 11.3 Å². The Labute approximate surface area is 124 Å². The molecule has 0 fully saturated rings. The molecule has 0 aliphatic carbocycles. The highest BCUT2D eigenvalue weighted by atomic mass is 35.5. The zero-order valence-electron chi connectivity index (χ0n) is 10.7. The number of amides is 1. The molecule has 0 aliphatic rings. The van der Waals surface area contributed by atoms with Gasteiger partial charge < -0.3 is 0 Å². The summed E-state index contributed by atoms with van der Waals surface area (Å²) >= 11 is 5.74. The van der Waals surface area contributed by atoms with Gasteiger partial charge in [-0.1, -0.05) is 41.9 Å². The van der Waals surface area contributed by atoms with E-state index in [1.54, 1.807) is 0 Å². The van der Waals surface area contributed by atoms with Crippen LogP contribution >= 0.6 is 11.6 Å². The van der Waals surface area contributed by atoms with Gasteiger partial charge in [-0.05, 0) is 5.56 Å². The molecule has 0 saturated heterocycles. The van der Waals surface area contributed by atoms with Crippen LogP contribution < -0.4 is 5.48 Å². The van der Waals surface area contributed by atoms with E-state index >= 15 is 0 Å². The zero-order chi connectivity index (χ0) is 15.2. The van der Waals surface area contributed by atoms with Crippen molar-refractivity contribution in [3.05, 3.63) is 69.0 Å². The molecule has 2 rings (SSSR count).